The van der Waals surface area contributed by atoms with Crippen LogP contribution in [0.3, 0.4) is 0 Å². The number of benzene rings is 3. The van der Waals surface area contributed by atoms with Gasteiger partial charge in [0.2, 0.25) is 0 Å². The molecule has 6 aromatic rings. The molecule has 0 amide bonds. The van der Waals surface area contributed by atoms with Crippen LogP contribution in [-0.2, 0) is 16.2 Å². The van der Waals surface area contributed by atoms with Gasteiger partial charge in [0.1, 0.15) is 0 Å². The Hall–Kier alpha value is -4.50. The van der Waals surface area contributed by atoms with Gasteiger partial charge in [-0.1, -0.05) is 123 Å². The van der Waals surface area contributed by atoms with Crippen molar-refractivity contribution < 1.29 is 0 Å². The van der Waals surface area contributed by atoms with Gasteiger partial charge in [-0.05, 0) is 74.4 Å². The number of pyridine rings is 2. The number of para-hydroxylation sites is 1. The van der Waals surface area contributed by atoms with Crippen LogP contribution in [0.5, 0.6) is 0 Å². The molecular formula is C42H45N3. The lowest BCUT2D eigenvalue weighted by atomic mass is 9.79. The van der Waals surface area contributed by atoms with E-state index in [2.05, 4.69) is 158 Å². The molecule has 0 radical (unpaired) electrons. The Balaban J connectivity index is 1.55. The van der Waals surface area contributed by atoms with Crippen molar-refractivity contribution in [2.45, 2.75) is 78.6 Å². The van der Waals surface area contributed by atoms with Crippen molar-refractivity contribution in [3.05, 3.63) is 120 Å². The lowest BCUT2D eigenvalue weighted by molar-refractivity contribution is 0.569. The summed E-state index contributed by atoms with van der Waals surface area (Å²) in [5.41, 5.74) is 13.6. The van der Waals surface area contributed by atoms with Crippen LogP contribution in [0.2, 0.25) is 0 Å². The summed E-state index contributed by atoms with van der Waals surface area (Å²) >= 11 is 0. The molecule has 3 aromatic carbocycles. The highest BCUT2D eigenvalue weighted by atomic mass is 14.7. The molecular weight excluding hydrogens is 546 g/mol. The zero-order chi connectivity index (χ0) is 32.1. The van der Waals surface area contributed by atoms with E-state index in [9.17, 15) is 0 Å². The first-order valence-electron chi connectivity index (χ1n) is 16.0. The van der Waals surface area contributed by atoms with Crippen molar-refractivity contribution in [2.24, 2.45) is 0 Å². The van der Waals surface area contributed by atoms with Gasteiger partial charge in [0, 0.05) is 34.5 Å². The molecule has 3 heteroatoms. The molecule has 0 aliphatic heterocycles. The molecule has 3 heterocycles. The molecule has 0 fully saturated rings. The molecule has 0 aliphatic rings. The lowest BCUT2D eigenvalue weighted by Crippen LogP contribution is -2.16. The van der Waals surface area contributed by atoms with E-state index >= 15 is 0 Å². The second-order valence-corrected chi connectivity index (χ2v) is 15.4. The molecule has 3 aromatic heterocycles. The molecule has 45 heavy (non-hydrogen) atoms. The maximum Gasteiger partial charge on any atom is 0.0736 e. The summed E-state index contributed by atoms with van der Waals surface area (Å²) < 4.78 is 0. The number of hydrogen-bond donors (Lipinski definition) is 1. The Morgan fingerprint density at radius 1 is 0.489 bits per heavy atom. The highest BCUT2D eigenvalue weighted by Crippen LogP contribution is 2.38. The van der Waals surface area contributed by atoms with E-state index in [1.165, 1.54) is 27.6 Å². The quantitative estimate of drug-likeness (QED) is 0.221. The van der Waals surface area contributed by atoms with E-state index in [1.54, 1.807) is 0 Å². The fourth-order valence-electron chi connectivity index (χ4n) is 5.79. The van der Waals surface area contributed by atoms with Crippen LogP contribution in [0.15, 0.2) is 103 Å². The Morgan fingerprint density at radius 2 is 1.09 bits per heavy atom. The third-order valence-electron chi connectivity index (χ3n) is 8.77. The molecule has 0 saturated heterocycles. The van der Waals surface area contributed by atoms with Crippen molar-refractivity contribution >= 4 is 10.9 Å². The lowest BCUT2D eigenvalue weighted by Gasteiger charge is -2.26. The largest absolute Gasteiger partial charge is 0.361 e. The van der Waals surface area contributed by atoms with Crippen molar-refractivity contribution in [3.8, 4) is 44.9 Å². The second-order valence-electron chi connectivity index (χ2n) is 15.4. The van der Waals surface area contributed by atoms with Gasteiger partial charge in [0.05, 0.1) is 22.6 Å². The van der Waals surface area contributed by atoms with Gasteiger partial charge in [-0.25, -0.2) is 4.98 Å². The van der Waals surface area contributed by atoms with Crippen molar-refractivity contribution in [1.29, 1.82) is 0 Å². The van der Waals surface area contributed by atoms with E-state index in [0.29, 0.717) is 0 Å². The number of hydrogen-bond acceptors (Lipinski definition) is 2. The molecule has 6 rings (SSSR count). The second kappa shape index (κ2) is 11.1. The molecule has 0 spiro atoms. The van der Waals surface area contributed by atoms with Crippen LogP contribution in [-0.4, -0.2) is 15.0 Å². The van der Waals surface area contributed by atoms with Gasteiger partial charge in [0.25, 0.3) is 0 Å². The van der Waals surface area contributed by atoms with E-state index in [0.717, 1.165) is 44.9 Å². The molecule has 1 N–H and O–H groups in total. The summed E-state index contributed by atoms with van der Waals surface area (Å²) in [6, 6.07) is 33.1. The number of rotatable bonds is 4. The van der Waals surface area contributed by atoms with Crippen LogP contribution in [0.1, 0.15) is 79.0 Å². The van der Waals surface area contributed by atoms with E-state index < -0.39 is 0 Å². The Kier molecular flexibility index (Phi) is 7.56. The summed E-state index contributed by atoms with van der Waals surface area (Å²) in [5, 5.41) is 1.18. The molecule has 0 atom stereocenters. The number of nitrogens with one attached hydrogen (secondary N) is 1. The van der Waals surface area contributed by atoms with Crippen molar-refractivity contribution in [2.75, 3.05) is 0 Å². The van der Waals surface area contributed by atoms with Crippen LogP contribution in [0, 0.1) is 0 Å². The smallest absolute Gasteiger partial charge is 0.0736 e. The highest BCUT2D eigenvalue weighted by Gasteiger charge is 2.22. The first-order valence-corrected chi connectivity index (χ1v) is 16.0. The SMILES string of the molecule is CC(C)(C)c1ccc(-c2cccc(-c3cc(-c4cc(C(C)(C)C)cc(C(C)(C)C)c4)cc(-c4cccc5cc[nH]c45)n3)c2)nc1. The van der Waals surface area contributed by atoms with Crippen LogP contribution in [0.4, 0.5) is 0 Å². The first kappa shape index (κ1) is 30.5. The minimum Gasteiger partial charge on any atom is -0.361 e. The topological polar surface area (TPSA) is 41.6 Å². The monoisotopic (exact) mass is 591 g/mol. The molecule has 0 bridgehead atoms. The standard InChI is InChI=1S/C42H45N3/c1-40(2,3)32-16-17-36(44-26-32)28-13-10-14-29(20-28)37-23-31(24-38(45-37)35-15-11-12-27-18-19-43-39(27)35)30-21-33(41(4,5)6)25-34(22-30)42(7,8)9/h10-26,43H,1-9H3. The average Bonchev–Trinajstić information content (AvgIpc) is 3.49. The fourth-order valence-corrected chi connectivity index (χ4v) is 5.79. The number of aromatic amines is 1. The third-order valence-corrected chi connectivity index (χ3v) is 8.77. The number of aromatic nitrogens is 3. The van der Waals surface area contributed by atoms with Gasteiger partial charge >= 0.3 is 0 Å². The molecule has 3 nitrogen and oxygen atoms in total. The molecule has 228 valence electrons. The minimum atomic E-state index is 0.0222. The van der Waals surface area contributed by atoms with Crippen LogP contribution in [0.25, 0.3) is 55.8 Å². The predicted octanol–water partition coefficient (Wildman–Crippen LogP) is 11.5. The summed E-state index contributed by atoms with van der Waals surface area (Å²) in [6.07, 6.45) is 4.01. The maximum atomic E-state index is 5.31. The zero-order valence-corrected chi connectivity index (χ0v) is 28.2. The van der Waals surface area contributed by atoms with Gasteiger partial charge in [-0.2, -0.15) is 0 Å². The Labute approximate surface area is 268 Å². The normalized spacial score (nSPS) is 12.6. The van der Waals surface area contributed by atoms with Crippen LogP contribution < -0.4 is 0 Å². The predicted molar refractivity (Wildman–Crippen MR) is 192 cm³/mol. The fraction of sp³-hybridized carbons (Fsp3) is 0.286. The van der Waals surface area contributed by atoms with Crippen molar-refractivity contribution in [3.63, 3.8) is 0 Å². The zero-order valence-electron chi connectivity index (χ0n) is 28.2. The van der Waals surface area contributed by atoms with Crippen LogP contribution >= 0.6 is 0 Å². The van der Waals surface area contributed by atoms with Crippen molar-refractivity contribution in [1.82, 2.24) is 15.0 Å². The van der Waals surface area contributed by atoms with E-state index in [1.807, 2.05) is 12.4 Å². The van der Waals surface area contributed by atoms with Gasteiger partial charge < -0.3 is 4.98 Å². The summed E-state index contributed by atoms with van der Waals surface area (Å²) in [6.45, 7) is 20.4. The van der Waals surface area contributed by atoms with E-state index in [4.69, 9.17) is 9.97 Å². The minimum absolute atomic E-state index is 0.0222. The van der Waals surface area contributed by atoms with Gasteiger partial charge in [-0.15, -0.1) is 0 Å². The number of H-pyrrole nitrogens is 1. The summed E-state index contributed by atoms with van der Waals surface area (Å²) in [7, 11) is 0. The van der Waals surface area contributed by atoms with Gasteiger partial charge in [-0.3, -0.25) is 4.98 Å². The molecule has 0 aliphatic carbocycles. The molecule has 0 unspecified atom stereocenters. The Morgan fingerprint density at radius 3 is 1.71 bits per heavy atom. The summed E-state index contributed by atoms with van der Waals surface area (Å²) in [5.74, 6) is 0. The number of fused-ring (bicyclic) bond motifs is 1. The summed E-state index contributed by atoms with van der Waals surface area (Å²) in [4.78, 5) is 13.6. The third kappa shape index (κ3) is 6.35. The van der Waals surface area contributed by atoms with Gasteiger partial charge in [0.15, 0.2) is 0 Å². The Bertz CT molecular complexity index is 1960. The number of nitrogens with zero attached hydrogens (tertiary/aromatic N) is 2. The van der Waals surface area contributed by atoms with E-state index in [-0.39, 0.29) is 16.2 Å². The first-order chi connectivity index (χ1) is 21.2. The average molecular weight is 592 g/mol. The maximum absolute atomic E-state index is 5.31. The highest BCUT2D eigenvalue weighted by molar-refractivity contribution is 5.94. The molecule has 0 saturated carbocycles.